The lowest BCUT2D eigenvalue weighted by Gasteiger charge is -2.09. The average Bonchev–Trinajstić information content (AvgIpc) is 3.12. The van der Waals surface area contributed by atoms with Gasteiger partial charge in [-0.15, -0.1) is 0 Å². The fraction of sp³-hybridized carbons (Fsp3) is 0.263. The van der Waals surface area contributed by atoms with Crippen LogP contribution in [0.1, 0.15) is 13.8 Å². The van der Waals surface area contributed by atoms with Crippen molar-refractivity contribution in [2.45, 2.75) is 13.8 Å². The van der Waals surface area contributed by atoms with Gasteiger partial charge >= 0.3 is 0 Å². The molecule has 142 valence electrons. The summed E-state index contributed by atoms with van der Waals surface area (Å²) in [5.41, 5.74) is 1.68. The Balaban J connectivity index is 1.81. The zero-order valence-electron chi connectivity index (χ0n) is 15.4. The van der Waals surface area contributed by atoms with Crippen LogP contribution in [0.4, 0.5) is 16.5 Å². The molecule has 0 bridgehead atoms. The molecule has 27 heavy (non-hydrogen) atoms. The molecule has 0 unspecified atom stereocenters. The third-order valence-corrected chi connectivity index (χ3v) is 5.43. The van der Waals surface area contributed by atoms with E-state index < -0.39 is 0 Å². The van der Waals surface area contributed by atoms with Gasteiger partial charge in [-0.25, -0.2) is 4.99 Å². The van der Waals surface area contributed by atoms with Crippen LogP contribution in [0, 0.1) is 0 Å². The fourth-order valence-corrected chi connectivity index (χ4v) is 3.99. The van der Waals surface area contributed by atoms with E-state index in [0.29, 0.717) is 23.8 Å². The smallest absolute Gasteiger partial charge is 0.222 e. The average molecular weight is 404 g/mol. The first kappa shape index (κ1) is 19.2. The molecule has 0 atom stereocenters. The van der Waals surface area contributed by atoms with Crippen LogP contribution in [0.2, 0.25) is 0 Å². The first-order chi connectivity index (χ1) is 13.2. The Bertz CT molecular complexity index is 936. The summed E-state index contributed by atoms with van der Waals surface area (Å²) in [5, 5.41) is 4.06. The number of aromatic nitrogens is 1. The molecule has 6 nitrogen and oxygen atoms in total. The molecule has 2 aromatic carbocycles. The number of methoxy groups -OCH3 is 1. The lowest BCUT2D eigenvalue weighted by Crippen LogP contribution is -2.00. The van der Waals surface area contributed by atoms with Crippen LogP contribution >= 0.6 is 20.7 Å². The molecule has 0 spiro atoms. The van der Waals surface area contributed by atoms with Crippen molar-refractivity contribution in [3.05, 3.63) is 47.3 Å². The highest BCUT2D eigenvalue weighted by Gasteiger charge is 2.07. The maximum Gasteiger partial charge on any atom is 0.222 e. The van der Waals surface area contributed by atoms with Gasteiger partial charge in [0, 0.05) is 11.8 Å². The second-order valence-electron chi connectivity index (χ2n) is 5.33. The first-order valence-corrected chi connectivity index (χ1v) is 10.7. The van der Waals surface area contributed by atoms with E-state index in [-0.39, 0.29) is 0 Å². The lowest BCUT2D eigenvalue weighted by molar-refractivity contribution is 0.324. The summed E-state index contributed by atoms with van der Waals surface area (Å²) in [7, 11) is 4.68. The van der Waals surface area contributed by atoms with Gasteiger partial charge in [-0.1, -0.05) is 0 Å². The minimum Gasteiger partial charge on any atom is -0.497 e. The molecule has 8 heteroatoms. The van der Waals surface area contributed by atoms with Crippen molar-refractivity contribution in [1.82, 2.24) is 4.98 Å². The Morgan fingerprint density at radius 2 is 1.70 bits per heavy atom. The van der Waals surface area contributed by atoms with E-state index in [4.69, 9.17) is 14.2 Å². The van der Waals surface area contributed by atoms with Crippen molar-refractivity contribution in [1.29, 1.82) is 0 Å². The number of hydrogen-bond donors (Lipinski definition) is 1. The number of nitrogens with one attached hydrogen (secondary N) is 1. The van der Waals surface area contributed by atoms with Crippen LogP contribution in [-0.2, 0) is 0 Å². The third-order valence-electron chi connectivity index (χ3n) is 3.49. The quantitative estimate of drug-likeness (QED) is 0.537. The highest BCUT2D eigenvalue weighted by Crippen LogP contribution is 2.32. The van der Waals surface area contributed by atoms with E-state index >= 15 is 0 Å². The molecular weight excluding hydrogens is 382 g/mol. The molecule has 1 heterocycles. The highest BCUT2D eigenvalue weighted by atomic mass is 32.9. The largest absolute Gasteiger partial charge is 0.497 e. The number of anilines is 2. The van der Waals surface area contributed by atoms with Crippen molar-refractivity contribution in [2.24, 2.45) is 4.99 Å². The second kappa shape index (κ2) is 9.38. The monoisotopic (exact) mass is 403 g/mol. The zero-order valence-corrected chi connectivity index (χ0v) is 17.0. The van der Waals surface area contributed by atoms with Crippen LogP contribution in [0.25, 0.3) is 0 Å². The third kappa shape index (κ3) is 5.21. The van der Waals surface area contributed by atoms with Crippen LogP contribution < -0.4 is 24.3 Å². The van der Waals surface area contributed by atoms with Crippen molar-refractivity contribution >= 4 is 37.2 Å². The summed E-state index contributed by atoms with van der Waals surface area (Å²) >= 11 is 0. The van der Waals surface area contributed by atoms with Crippen molar-refractivity contribution in [2.75, 3.05) is 25.6 Å². The summed E-state index contributed by atoms with van der Waals surface area (Å²) in [4.78, 5) is 9.84. The van der Waals surface area contributed by atoms with Gasteiger partial charge in [0.05, 0.1) is 20.3 Å². The van der Waals surface area contributed by atoms with Gasteiger partial charge in [-0.2, -0.15) is 4.98 Å². The summed E-state index contributed by atoms with van der Waals surface area (Å²) in [6.07, 6.45) is 0. The lowest BCUT2D eigenvalue weighted by atomic mass is 10.3. The molecule has 0 fully saturated rings. The normalized spacial score (nSPS) is 11.3. The van der Waals surface area contributed by atoms with Gasteiger partial charge in [0.25, 0.3) is 0 Å². The van der Waals surface area contributed by atoms with Crippen molar-refractivity contribution in [3.63, 3.8) is 0 Å². The number of rotatable bonds is 8. The Hall–Kier alpha value is -2.58. The molecule has 1 N–H and O–H groups in total. The van der Waals surface area contributed by atoms with E-state index in [9.17, 15) is 0 Å². The van der Waals surface area contributed by atoms with Gasteiger partial charge in [-0.3, -0.25) is 0 Å². The minimum atomic E-state index is 0.558. The SMILES string of the molecule is CCOc1ccc(N=c2nc(Nc3ccc(OC)cc3)ss2)c(OCC)c1. The Morgan fingerprint density at radius 3 is 2.41 bits per heavy atom. The van der Waals surface area contributed by atoms with Crippen LogP contribution in [-0.4, -0.2) is 25.3 Å². The standard InChI is InChI=1S/C19H21N3O3S2/c1-4-24-15-10-11-16(17(12-15)25-5-2)21-19-22-18(26-27-19)20-13-6-8-14(23-3)9-7-13/h6-12H,4-5H2,1-3H3,(H,20,21,22). The van der Waals surface area contributed by atoms with Crippen LogP contribution in [0.3, 0.4) is 0 Å². The van der Waals surface area contributed by atoms with Crippen molar-refractivity contribution < 1.29 is 14.2 Å². The Morgan fingerprint density at radius 1 is 0.963 bits per heavy atom. The molecule has 0 aliphatic carbocycles. The van der Waals surface area contributed by atoms with E-state index in [1.807, 2.05) is 56.3 Å². The van der Waals surface area contributed by atoms with Gasteiger partial charge in [0.15, 0.2) is 5.13 Å². The predicted octanol–water partition coefficient (Wildman–Crippen LogP) is 4.99. The number of ether oxygens (including phenoxy) is 3. The van der Waals surface area contributed by atoms with Gasteiger partial charge in [0.2, 0.25) is 4.80 Å². The molecule has 1 aromatic heterocycles. The topological polar surface area (TPSA) is 65.0 Å². The molecule has 0 saturated heterocycles. The molecule has 0 amide bonds. The van der Waals surface area contributed by atoms with Gasteiger partial charge < -0.3 is 19.5 Å². The molecule has 0 aliphatic heterocycles. The maximum atomic E-state index is 5.70. The number of nitrogens with zero attached hydrogens (tertiary/aromatic N) is 2. The Labute approximate surface area is 165 Å². The van der Waals surface area contributed by atoms with Gasteiger partial charge in [-0.05, 0) is 70.9 Å². The highest BCUT2D eigenvalue weighted by molar-refractivity contribution is 7.69. The second-order valence-corrected chi connectivity index (χ2v) is 7.41. The molecule has 0 saturated carbocycles. The van der Waals surface area contributed by atoms with Crippen LogP contribution in [0.15, 0.2) is 47.5 Å². The minimum absolute atomic E-state index is 0.558. The van der Waals surface area contributed by atoms with Crippen LogP contribution in [0.5, 0.6) is 17.2 Å². The van der Waals surface area contributed by atoms with Crippen molar-refractivity contribution in [3.8, 4) is 17.2 Å². The number of hydrogen-bond acceptors (Lipinski definition) is 8. The summed E-state index contributed by atoms with van der Waals surface area (Å²) in [5.74, 6) is 2.27. The molecule has 3 aromatic rings. The van der Waals surface area contributed by atoms with Gasteiger partial charge in [0.1, 0.15) is 22.9 Å². The number of benzene rings is 2. The Kier molecular flexibility index (Phi) is 6.67. The van der Waals surface area contributed by atoms with E-state index in [1.165, 1.54) is 20.7 Å². The summed E-state index contributed by atoms with van der Waals surface area (Å²) < 4.78 is 16.4. The summed E-state index contributed by atoms with van der Waals surface area (Å²) in [6, 6.07) is 13.3. The fourth-order valence-electron chi connectivity index (χ4n) is 2.31. The maximum absolute atomic E-state index is 5.70. The summed E-state index contributed by atoms with van der Waals surface area (Å²) in [6.45, 7) is 5.06. The zero-order chi connectivity index (χ0) is 19.1. The molecule has 0 aliphatic rings. The molecule has 3 rings (SSSR count). The van der Waals surface area contributed by atoms with E-state index in [0.717, 1.165) is 28.0 Å². The van der Waals surface area contributed by atoms with E-state index in [1.54, 1.807) is 7.11 Å². The molecule has 0 radical (unpaired) electrons. The first-order valence-electron chi connectivity index (χ1n) is 8.54. The predicted molar refractivity (Wildman–Crippen MR) is 110 cm³/mol. The van der Waals surface area contributed by atoms with E-state index in [2.05, 4.69) is 15.3 Å². The molecular formula is C19H21N3O3S2.